The first-order valence-electron chi connectivity index (χ1n) is 10.4. The van der Waals surface area contributed by atoms with Gasteiger partial charge in [-0.15, -0.1) is 11.3 Å². The van der Waals surface area contributed by atoms with Crippen LogP contribution in [0, 0.1) is 0 Å². The van der Waals surface area contributed by atoms with Gasteiger partial charge in [-0.3, -0.25) is 14.5 Å². The fourth-order valence-corrected chi connectivity index (χ4v) is 4.71. The van der Waals surface area contributed by atoms with Crippen molar-refractivity contribution in [3.8, 4) is 5.75 Å². The zero-order chi connectivity index (χ0) is 22.8. The number of thiophene rings is 1. The van der Waals surface area contributed by atoms with Gasteiger partial charge in [-0.25, -0.2) is 0 Å². The molecule has 164 valence electrons. The van der Waals surface area contributed by atoms with Gasteiger partial charge in [0.1, 0.15) is 5.75 Å². The van der Waals surface area contributed by atoms with Crippen LogP contribution in [0.15, 0.2) is 77.4 Å². The summed E-state index contributed by atoms with van der Waals surface area (Å²) < 4.78 is 0. The lowest BCUT2D eigenvalue weighted by Crippen LogP contribution is -2.31. The first kappa shape index (κ1) is 21.6. The highest BCUT2D eigenvalue weighted by Gasteiger charge is 2.44. The molecule has 1 amide bonds. The molecule has 0 saturated carbocycles. The van der Waals surface area contributed by atoms with Crippen molar-refractivity contribution in [1.82, 2.24) is 0 Å². The van der Waals surface area contributed by atoms with E-state index in [2.05, 4.69) is 18.7 Å². The zero-order valence-electron chi connectivity index (χ0n) is 17.9. The molecule has 1 aromatic heterocycles. The molecule has 0 fully saturated rings. The quantitative estimate of drug-likeness (QED) is 0.493. The summed E-state index contributed by atoms with van der Waals surface area (Å²) in [6, 6.07) is 16.5. The molecule has 2 heterocycles. The average Bonchev–Trinajstić information content (AvgIpc) is 3.43. The fraction of sp³-hybridized carbons (Fsp3) is 0.200. The molecule has 2 N–H and O–H groups in total. The number of ketones is 1. The van der Waals surface area contributed by atoms with Gasteiger partial charge in [0.2, 0.25) is 5.78 Å². The lowest BCUT2D eigenvalue weighted by Gasteiger charge is -2.28. The molecule has 1 aliphatic heterocycles. The van der Waals surface area contributed by atoms with Gasteiger partial charge in [-0.2, -0.15) is 0 Å². The lowest BCUT2D eigenvalue weighted by molar-refractivity contribution is -0.117. The molecule has 0 spiro atoms. The van der Waals surface area contributed by atoms with Gasteiger partial charge in [0, 0.05) is 24.5 Å². The van der Waals surface area contributed by atoms with Crippen LogP contribution in [-0.2, 0) is 4.79 Å². The first-order chi connectivity index (χ1) is 15.5. The molecule has 0 aliphatic carbocycles. The molecule has 6 nitrogen and oxygen atoms in total. The number of hydrogen-bond acceptors (Lipinski definition) is 6. The highest BCUT2D eigenvalue weighted by molar-refractivity contribution is 7.12. The van der Waals surface area contributed by atoms with E-state index in [1.165, 1.54) is 28.4 Å². The van der Waals surface area contributed by atoms with Gasteiger partial charge in [0.15, 0.2) is 5.76 Å². The molecule has 0 radical (unpaired) electrons. The van der Waals surface area contributed by atoms with Crippen LogP contribution in [0.25, 0.3) is 0 Å². The topological polar surface area (TPSA) is 81.1 Å². The van der Waals surface area contributed by atoms with Gasteiger partial charge in [0.25, 0.3) is 5.91 Å². The summed E-state index contributed by atoms with van der Waals surface area (Å²) in [7, 11) is 0. The number of carbonyl (C=O) groups is 2. The maximum absolute atomic E-state index is 13.3. The standard InChI is InChI=1S/C25H24N2O4S/c1-3-26(4-2)17-9-11-18(12-10-17)27-22(16-7-13-19(28)14-8-16)21(24(30)25(27)31)23(29)20-6-5-15-32-20/h5-15,22,28,30H,3-4H2,1-2H3. The second-order valence-electron chi connectivity index (χ2n) is 7.43. The number of hydrogen-bond donors (Lipinski definition) is 2. The third kappa shape index (κ3) is 3.76. The number of aromatic hydroxyl groups is 1. The van der Waals surface area contributed by atoms with Crippen molar-refractivity contribution < 1.29 is 19.8 Å². The molecule has 3 aromatic rings. The van der Waals surface area contributed by atoms with E-state index in [-0.39, 0.29) is 17.1 Å². The van der Waals surface area contributed by atoms with E-state index in [9.17, 15) is 19.8 Å². The first-order valence-corrected chi connectivity index (χ1v) is 11.3. The third-order valence-electron chi connectivity index (χ3n) is 5.66. The minimum absolute atomic E-state index is 0.0379. The van der Waals surface area contributed by atoms with E-state index >= 15 is 0 Å². The number of phenols is 1. The van der Waals surface area contributed by atoms with Crippen molar-refractivity contribution in [3.63, 3.8) is 0 Å². The fourth-order valence-electron chi connectivity index (χ4n) is 4.03. The number of phenolic OH excluding ortho intramolecular Hbond substituents is 1. The molecule has 1 aliphatic rings. The van der Waals surface area contributed by atoms with Crippen LogP contribution in [0.4, 0.5) is 11.4 Å². The van der Waals surface area contributed by atoms with E-state index in [0.717, 1.165) is 18.8 Å². The SMILES string of the molecule is CCN(CC)c1ccc(N2C(=O)C(O)=C(C(=O)c3cccs3)C2c2ccc(O)cc2)cc1. The Bertz CT molecular complexity index is 1150. The predicted octanol–water partition coefficient (Wildman–Crippen LogP) is 5.08. The van der Waals surface area contributed by atoms with Crippen LogP contribution in [-0.4, -0.2) is 35.0 Å². The summed E-state index contributed by atoms with van der Waals surface area (Å²) in [4.78, 5) is 30.5. The summed E-state index contributed by atoms with van der Waals surface area (Å²) in [6.07, 6.45) is 0. The molecule has 32 heavy (non-hydrogen) atoms. The molecule has 2 aromatic carbocycles. The number of Topliss-reactive ketones (excluding diaryl/α,β-unsaturated/α-hetero) is 1. The van der Waals surface area contributed by atoms with Crippen molar-refractivity contribution in [2.45, 2.75) is 19.9 Å². The number of rotatable bonds is 7. The molecular formula is C25H24N2O4S. The van der Waals surface area contributed by atoms with Gasteiger partial charge in [-0.1, -0.05) is 18.2 Å². The van der Waals surface area contributed by atoms with Crippen molar-refractivity contribution in [2.24, 2.45) is 0 Å². The van der Waals surface area contributed by atoms with E-state index in [0.29, 0.717) is 16.1 Å². The largest absolute Gasteiger partial charge is 0.508 e. The van der Waals surface area contributed by atoms with Gasteiger partial charge >= 0.3 is 0 Å². The smallest absolute Gasteiger partial charge is 0.294 e. The van der Waals surface area contributed by atoms with Crippen LogP contribution >= 0.6 is 11.3 Å². The summed E-state index contributed by atoms with van der Waals surface area (Å²) in [6.45, 7) is 5.87. The van der Waals surface area contributed by atoms with Gasteiger partial charge in [0.05, 0.1) is 16.5 Å². The number of nitrogens with zero attached hydrogens (tertiary/aromatic N) is 2. The number of carbonyl (C=O) groups excluding carboxylic acids is 2. The second-order valence-corrected chi connectivity index (χ2v) is 8.37. The van der Waals surface area contributed by atoms with Crippen LogP contribution in [0.2, 0.25) is 0 Å². The van der Waals surface area contributed by atoms with Gasteiger partial charge in [-0.05, 0) is 67.3 Å². The Hall–Kier alpha value is -3.58. The number of aliphatic hydroxyl groups excluding tert-OH is 1. The summed E-state index contributed by atoms with van der Waals surface area (Å²) in [5.74, 6) is -1.48. The van der Waals surface area contributed by atoms with Gasteiger partial charge < -0.3 is 15.1 Å². The monoisotopic (exact) mass is 448 g/mol. The maximum atomic E-state index is 13.3. The molecular weight excluding hydrogens is 424 g/mol. The van der Waals surface area contributed by atoms with E-state index in [4.69, 9.17) is 0 Å². The lowest BCUT2D eigenvalue weighted by atomic mass is 9.95. The molecule has 0 bridgehead atoms. The number of amides is 1. The Morgan fingerprint density at radius 2 is 1.66 bits per heavy atom. The van der Waals surface area contributed by atoms with E-state index in [1.54, 1.807) is 29.6 Å². The van der Waals surface area contributed by atoms with Crippen molar-refractivity contribution in [2.75, 3.05) is 22.9 Å². The Morgan fingerprint density at radius 3 is 2.22 bits per heavy atom. The van der Waals surface area contributed by atoms with Crippen molar-refractivity contribution in [1.29, 1.82) is 0 Å². The van der Waals surface area contributed by atoms with E-state index in [1.807, 2.05) is 24.3 Å². The third-order valence-corrected chi connectivity index (χ3v) is 6.53. The van der Waals surface area contributed by atoms with Crippen molar-refractivity contribution in [3.05, 3.63) is 87.8 Å². The molecule has 7 heteroatoms. The molecule has 1 unspecified atom stereocenters. The average molecular weight is 449 g/mol. The number of anilines is 2. The molecule has 4 rings (SSSR count). The Morgan fingerprint density at radius 1 is 1.00 bits per heavy atom. The Balaban J connectivity index is 1.80. The molecule has 0 saturated heterocycles. The highest BCUT2D eigenvalue weighted by atomic mass is 32.1. The Labute approximate surface area is 190 Å². The van der Waals surface area contributed by atoms with Crippen LogP contribution in [0.3, 0.4) is 0 Å². The Kier molecular flexibility index (Phi) is 6.01. The van der Waals surface area contributed by atoms with Crippen LogP contribution in [0.1, 0.15) is 35.1 Å². The number of benzene rings is 2. The summed E-state index contributed by atoms with van der Waals surface area (Å²) >= 11 is 1.26. The minimum Gasteiger partial charge on any atom is -0.508 e. The zero-order valence-corrected chi connectivity index (χ0v) is 18.7. The van der Waals surface area contributed by atoms with Crippen LogP contribution < -0.4 is 9.80 Å². The minimum atomic E-state index is -0.808. The maximum Gasteiger partial charge on any atom is 0.294 e. The van der Waals surface area contributed by atoms with Crippen LogP contribution in [0.5, 0.6) is 5.75 Å². The highest BCUT2D eigenvalue weighted by Crippen LogP contribution is 2.42. The normalized spacial score (nSPS) is 16.0. The summed E-state index contributed by atoms with van der Waals surface area (Å²) in [5.41, 5.74) is 2.26. The predicted molar refractivity (Wildman–Crippen MR) is 127 cm³/mol. The number of aliphatic hydroxyl groups is 1. The van der Waals surface area contributed by atoms with Crippen molar-refractivity contribution >= 4 is 34.4 Å². The summed E-state index contributed by atoms with van der Waals surface area (Å²) in [5, 5.41) is 22.3. The second kappa shape index (κ2) is 8.88. The molecule has 1 atom stereocenters. The van der Waals surface area contributed by atoms with E-state index < -0.39 is 17.7 Å².